The molecule has 0 amide bonds. The summed E-state index contributed by atoms with van der Waals surface area (Å²) in [6, 6.07) is 7.55. The summed E-state index contributed by atoms with van der Waals surface area (Å²) in [5.74, 6) is -0.828. The lowest BCUT2D eigenvalue weighted by Crippen LogP contribution is -2.11. The number of carbonyl (C=O) groups is 1. The van der Waals surface area contributed by atoms with E-state index < -0.39 is 20.7 Å². The molecule has 24 heavy (non-hydrogen) atoms. The number of nitro groups is 1. The summed E-state index contributed by atoms with van der Waals surface area (Å²) in [5, 5.41) is 10.8. The minimum Gasteiger partial charge on any atom is -0.422 e. The Bertz CT molecular complexity index is 939. The summed E-state index contributed by atoms with van der Waals surface area (Å²) in [6.45, 7) is 1.62. The van der Waals surface area contributed by atoms with E-state index in [0.29, 0.717) is 5.56 Å². The number of nitro benzene ring substituents is 1. The highest BCUT2D eigenvalue weighted by atomic mass is 35.5. The monoisotopic (exact) mass is 369 g/mol. The molecule has 0 unspecified atom stereocenters. The van der Waals surface area contributed by atoms with Crippen LogP contribution in [0.5, 0.6) is 5.75 Å². The Hall–Kier alpha value is -2.45. The van der Waals surface area contributed by atoms with E-state index in [2.05, 4.69) is 0 Å². The number of hydrogen-bond donors (Lipinski definition) is 0. The average molecular weight is 370 g/mol. The fraction of sp³-hybridized carbons (Fsp3) is 0.133. The van der Waals surface area contributed by atoms with E-state index >= 15 is 0 Å². The molecule has 0 aliphatic rings. The van der Waals surface area contributed by atoms with E-state index in [1.807, 2.05) is 0 Å². The van der Waals surface area contributed by atoms with Crippen LogP contribution in [0, 0.1) is 17.0 Å². The van der Waals surface area contributed by atoms with Crippen LogP contribution >= 0.6 is 11.6 Å². The lowest BCUT2D eigenvalue weighted by molar-refractivity contribution is -0.384. The SMILES string of the molecule is Cc1ccc([N+](=O)[O-])cc1OC(=O)c1ccc(Cl)c(S(C)(=O)=O)c1. The first kappa shape index (κ1) is 17.9. The van der Waals surface area contributed by atoms with Crippen molar-refractivity contribution in [2.45, 2.75) is 11.8 Å². The molecule has 0 atom stereocenters. The van der Waals surface area contributed by atoms with Crippen molar-refractivity contribution in [1.82, 2.24) is 0 Å². The van der Waals surface area contributed by atoms with Crippen molar-refractivity contribution in [2.24, 2.45) is 0 Å². The molecule has 2 aromatic carbocycles. The molecule has 0 bridgehead atoms. The Labute approximate surface area is 142 Å². The fourth-order valence-electron chi connectivity index (χ4n) is 1.89. The molecule has 0 radical (unpaired) electrons. The predicted octanol–water partition coefficient (Wildman–Crippen LogP) is 3.18. The summed E-state index contributed by atoms with van der Waals surface area (Å²) in [6.07, 6.45) is 0.966. The van der Waals surface area contributed by atoms with Gasteiger partial charge in [0.2, 0.25) is 0 Å². The van der Waals surface area contributed by atoms with Gasteiger partial charge < -0.3 is 4.74 Å². The molecule has 126 valence electrons. The zero-order valence-electron chi connectivity index (χ0n) is 12.6. The second-order valence-corrected chi connectivity index (χ2v) is 7.41. The number of sulfone groups is 1. The molecule has 0 saturated carbocycles. The Balaban J connectivity index is 2.38. The number of non-ortho nitro benzene ring substituents is 1. The molecule has 0 aliphatic heterocycles. The zero-order valence-corrected chi connectivity index (χ0v) is 14.2. The standard InChI is InChI=1S/C15H12ClNO6S/c1-9-3-5-11(17(19)20)8-13(9)23-15(18)10-4-6-12(16)14(7-10)24(2,21)22/h3-8H,1-2H3. The highest BCUT2D eigenvalue weighted by Gasteiger charge is 2.18. The summed E-state index contributed by atoms with van der Waals surface area (Å²) in [4.78, 5) is 22.2. The van der Waals surface area contributed by atoms with E-state index in [-0.39, 0.29) is 26.9 Å². The van der Waals surface area contributed by atoms with Crippen LogP contribution in [0.15, 0.2) is 41.3 Å². The van der Waals surface area contributed by atoms with Gasteiger partial charge in [-0.2, -0.15) is 0 Å². The number of aryl methyl sites for hydroxylation is 1. The lowest BCUT2D eigenvalue weighted by Gasteiger charge is -2.09. The summed E-state index contributed by atoms with van der Waals surface area (Å²) in [5.41, 5.74) is 0.258. The van der Waals surface area contributed by atoms with Gasteiger partial charge in [0.1, 0.15) is 5.75 Å². The van der Waals surface area contributed by atoms with Crippen molar-refractivity contribution in [3.8, 4) is 5.75 Å². The first-order valence-corrected chi connectivity index (χ1v) is 8.83. The Kier molecular flexibility index (Phi) is 4.91. The van der Waals surface area contributed by atoms with Gasteiger partial charge in [0.25, 0.3) is 5.69 Å². The topological polar surface area (TPSA) is 104 Å². The van der Waals surface area contributed by atoms with Gasteiger partial charge >= 0.3 is 5.97 Å². The number of halogens is 1. The third-order valence-corrected chi connectivity index (χ3v) is 4.73. The number of esters is 1. The molecule has 0 aliphatic carbocycles. The smallest absolute Gasteiger partial charge is 0.343 e. The third-order valence-electron chi connectivity index (χ3n) is 3.15. The molecule has 2 aromatic rings. The van der Waals surface area contributed by atoms with Gasteiger partial charge in [0, 0.05) is 12.3 Å². The third kappa shape index (κ3) is 3.90. The molecular formula is C15H12ClNO6S. The zero-order chi connectivity index (χ0) is 18.1. The van der Waals surface area contributed by atoms with E-state index in [1.54, 1.807) is 6.92 Å². The number of rotatable bonds is 4. The minimum atomic E-state index is -3.62. The number of hydrogen-bond acceptors (Lipinski definition) is 6. The highest BCUT2D eigenvalue weighted by Crippen LogP contribution is 2.26. The van der Waals surface area contributed by atoms with Gasteiger partial charge in [0.15, 0.2) is 9.84 Å². The highest BCUT2D eigenvalue weighted by molar-refractivity contribution is 7.90. The maximum Gasteiger partial charge on any atom is 0.343 e. The van der Waals surface area contributed by atoms with Crippen molar-refractivity contribution in [2.75, 3.05) is 6.26 Å². The van der Waals surface area contributed by atoms with Crippen molar-refractivity contribution in [3.63, 3.8) is 0 Å². The Morgan fingerprint density at radius 1 is 1.21 bits per heavy atom. The number of carbonyl (C=O) groups excluding carboxylic acids is 1. The fourth-order valence-corrected chi connectivity index (χ4v) is 3.19. The second-order valence-electron chi connectivity index (χ2n) is 5.01. The molecule has 9 heteroatoms. The molecule has 7 nitrogen and oxygen atoms in total. The van der Waals surface area contributed by atoms with Crippen LogP contribution < -0.4 is 4.74 Å². The van der Waals surface area contributed by atoms with Gasteiger partial charge in [-0.05, 0) is 36.8 Å². The van der Waals surface area contributed by atoms with Crippen LogP contribution in [0.3, 0.4) is 0 Å². The van der Waals surface area contributed by atoms with Gasteiger partial charge in [-0.25, -0.2) is 13.2 Å². The molecule has 0 N–H and O–H groups in total. The van der Waals surface area contributed by atoms with Crippen molar-refractivity contribution < 1.29 is 22.9 Å². The van der Waals surface area contributed by atoms with Gasteiger partial charge in [-0.15, -0.1) is 0 Å². The van der Waals surface area contributed by atoms with E-state index in [1.165, 1.54) is 24.3 Å². The van der Waals surface area contributed by atoms with Crippen LogP contribution in [-0.4, -0.2) is 25.6 Å². The first-order valence-electron chi connectivity index (χ1n) is 6.56. The average Bonchev–Trinajstić information content (AvgIpc) is 2.48. The van der Waals surface area contributed by atoms with E-state index in [9.17, 15) is 23.3 Å². The van der Waals surface area contributed by atoms with Gasteiger partial charge in [-0.1, -0.05) is 11.6 Å². The second kappa shape index (κ2) is 6.58. The Morgan fingerprint density at radius 2 is 1.88 bits per heavy atom. The quantitative estimate of drug-likeness (QED) is 0.355. The van der Waals surface area contributed by atoms with Crippen LogP contribution in [0.25, 0.3) is 0 Å². The van der Waals surface area contributed by atoms with Crippen molar-refractivity contribution in [1.29, 1.82) is 0 Å². The van der Waals surface area contributed by atoms with Crippen LogP contribution in [-0.2, 0) is 9.84 Å². The molecular weight excluding hydrogens is 358 g/mol. The predicted molar refractivity (Wildman–Crippen MR) is 87.4 cm³/mol. The molecule has 2 rings (SSSR count). The molecule has 0 fully saturated rings. The summed E-state index contributed by atoms with van der Waals surface area (Å²) >= 11 is 5.82. The van der Waals surface area contributed by atoms with Crippen molar-refractivity contribution in [3.05, 3.63) is 62.7 Å². The van der Waals surface area contributed by atoms with Crippen LogP contribution in [0.1, 0.15) is 15.9 Å². The number of nitrogens with zero attached hydrogens (tertiary/aromatic N) is 1. The number of benzene rings is 2. The van der Waals surface area contributed by atoms with Gasteiger partial charge in [-0.3, -0.25) is 10.1 Å². The summed E-state index contributed by atoms with van der Waals surface area (Å²) in [7, 11) is -3.62. The normalized spacial score (nSPS) is 11.1. The first-order chi connectivity index (χ1) is 11.1. The molecule has 0 aromatic heterocycles. The van der Waals surface area contributed by atoms with Crippen LogP contribution in [0.2, 0.25) is 5.02 Å². The molecule has 0 spiro atoms. The molecule has 0 heterocycles. The van der Waals surface area contributed by atoms with Crippen LogP contribution in [0.4, 0.5) is 5.69 Å². The minimum absolute atomic E-state index is 0.0134. The summed E-state index contributed by atoms with van der Waals surface area (Å²) < 4.78 is 28.4. The van der Waals surface area contributed by atoms with E-state index in [0.717, 1.165) is 18.4 Å². The number of ether oxygens (including phenoxy) is 1. The lowest BCUT2D eigenvalue weighted by atomic mass is 10.2. The van der Waals surface area contributed by atoms with Crippen molar-refractivity contribution >= 4 is 33.1 Å². The maximum absolute atomic E-state index is 12.2. The van der Waals surface area contributed by atoms with E-state index in [4.69, 9.17) is 16.3 Å². The Morgan fingerprint density at radius 3 is 2.46 bits per heavy atom. The molecule has 0 saturated heterocycles. The maximum atomic E-state index is 12.2. The van der Waals surface area contributed by atoms with Gasteiger partial charge in [0.05, 0.1) is 26.5 Å². The largest absolute Gasteiger partial charge is 0.422 e.